The third kappa shape index (κ3) is 1.65. The molecule has 2 aliphatic rings. The van der Waals surface area contributed by atoms with Crippen molar-refractivity contribution in [2.45, 2.75) is 19.4 Å². The van der Waals surface area contributed by atoms with E-state index in [0.29, 0.717) is 12.0 Å². The SMILES string of the molecule is Cc1cn([C@@H]2[C@H]3C=C[C@@H]2C(CO)(CO)C3)c(=O)[nH]c1=O. The highest BCUT2D eigenvalue weighted by Crippen LogP contribution is 2.57. The molecule has 2 aliphatic carbocycles. The molecule has 3 atom stereocenters. The third-order valence-electron chi connectivity index (χ3n) is 4.82. The largest absolute Gasteiger partial charge is 0.396 e. The van der Waals surface area contributed by atoms with Crippen LogP contribution in [0.5, 0.6) is 0 Å². The van der Waals surface area contributed by atoms with Crippen molar-refractivity contribution in [3.8, 4) is 0 Å². The number of H-pyrrole nitrogens is 1. The van der Waals surface area contributed by atoms with Gasteiger partial charge in [-0.3, -0.25) is 14.3 Å². The number of aromatic amines is 1. The van der Waals surface area contributed by atoms with E-state index in [1.54, 1.807) is 17.7 Å². The number of aromatic nitrogens is 2. The van der Waals surface area contributed by atoms with Crippen molar-refractivity contribution in [3.63, 3.8) is 0 Å². The first kappa shape index (κ1) is 13.3. The first-order chi connectivity index (χ1) is 9.52. The number of hydrogen-bond acceptors (Lipinski definition) is 4. The van der Waals surface area contributed by atoms with E-state index in [0.717, 1.165) is 0 Å². The average molecular weight is 278 g/mol. The molecule has 108 valence electrons. The fourth-order valence-corrected chi connectivity index (χ4v) is 3.69. The van der Waals surface area contributed by atoms with Gasteiger partial charge in [-0.25, -0.2) is 4.79 Å². The summed E-state index contributed by atoms with van der Waals surface area (Å²) < 4.78 is 1.54. The van der Waals surface area contributed by atoms with Crippen LogP contribution in [-0.4, -0.2) is 33.0 Å². The van der Waals surface area contributed by atoms with E-state index in [-0.39, 0.29) is 36.7 Å². The van der Waals surface area contributed by atoms with Gasteiger partial charge in [0, 0.05) is 23.1 Å². The first-order valence-corrected chi connectivity index (χ1v) is 6.74. The van der Waals surface area contributed by atoms with E-state index in [1.165, 1.54) is 0 Å². The smallest absolute Gasteiger partial charge is 0.328 e. The quantitative estimate of drug-likeness (QED) is 0.653. The fourth-order valence-electron chi connectivity index (χ4n) is 3.69. The zero-order valence-electron chi connectivity index (χ0n) is 11.2. The Balaban J connectivity index is 2.08. The molecular formula is C14H18N2O4. The molecular weight excluding hydrogens is 260 g/mol. The molecule has 0 radical (unpaired) electrons. The minimum absolute atomic E-state index is 0.0921. The Kier molecular flexibility index (Phi) is 2.95. The molecule has 0 spiro atoms. The predicted molar refractivity (Wildman–Crippen MR) is 72.4 cm³/mol. The Labute approximate surface area is 115 Å². The molecule has 1 fully saturated rings. The van der Waals surface area contributed by atoms with Gasteiger partial charge in [0.1, 0.15) is 0 Å². The van der Waals surface area contributed by atoms with Gasteiger partial charge < -0.3 is 10.2 Å². The van der Waals surface area contributed by atoms with Crippen molar-refractivity contribution in [2.24, 2.45) is 17.3 Å². The summed E-state index contributed by atoms with van der Waals surface area (Å²) in [4.78, 5) is 25.8. The number of aliphatic hydroxyl groups is 2. The predicted octanol–water partition coefficient (Wildman–Crippen LogP) is -0.437. The molecule has 3 N–H and O–H groups in total. The number of fused-ring (bicyclic) bond motifs is 2. The van der Waals surface area contributed by atoms with Crippen molar-refractivity contribution >= 4 is 0 Å². The molecule has 0 unspecified atom stereocenters. The Morgan fingerprint density at radius 2 is 2.05 bits per heavy atom. The van der Waals surface area contributed by atoms with Crippen molar-refractivity contribution in [3.05, 3.63) is 44.8 Å². The maximum absolute atomic E-state index is 12.0. The van der Waals surface area contributed by atoms with E-state index >= 15 is 0 Å². The van der Waals surface area contributed by atoms with Crippen LogP contribution < -0.4 is 11.2 Å². The number of aryl methyl sites for hydroxylation is 1. The second-order valence-electron chi connectivity index (χ2n) is 5.93. The summed E-state index contributed by atoms with van der Waals surface area (Å²) in [6.45, 7) is 1.44. The van der Waals surface area contributed by atoms with Crippen LogP contribution in [0.1, 0.15) is 18.0 Å². The second kappa shape index (κ2) is 4.43. The van der Waals surface area contributed by atoms with Gasteiger partial charge in [0.05, 0.1) is 19.3 Å². The summed E-state index contributed by atoms with van der Waals surface area (Å²) in [6.07, 6.45) is 6.23. The lowest BCUT2D eigenvalue weighted by molar-refractivity contribution is 0.0286. The van der Waals surface area contributed by atoms with Crippen LogP contribution >= 0.6 is 0 Å². The van der Waals surface area contributed by atoms with Crippen LogP contribution in [0.3, 0.4) is 0 Å². The Morgan fingerprint density at radius 3 is 2.65 bits per heavy atom. The summed E-state index contributed by atoms with van der Waals surface area (Å²) in [5.41, 5.74) is -0.904. The molecule has 3 rings (SSSR count). The van der Waals surface area contributed by atoms with Gasteiger partial charge in [0.2, 0.25) is 0 Å². The molecule has 0 amide bonds. The number of nitrogens with zero attached hydrogens (tertiary/aromatic N) is 1. The Morgan fingerprint density at radius 1 is 1.35 bits per heavy atom. The second-order valence-corrected chi connectivity index (χ2v) is 5.93. The summed E-state index contributed by atoms with van der Waals surface area (Å²) in [6, 6.07) is -0.141. The zero-order valence-corrected chi connectivity index (χ0v) is 11.2. The van der Waals surface area contributed by atoms with Gasteiger partial charge in [-0.1, -0.05) is 12.2 Å². The van der Waals surface area contributed by atoms with Gasteiger partial charge in [-0.2, -0.15) is 0 Å². The highest BCUT2D eigenvalue weighted by atomic mass is 16.3. The molecule has 1 aromatic heterocycles. The van der Waals surface area contributed by atoms with Gasteiger partial charge in [-0.05, 0) is 19.3 Å². The number of hydrogen-bond donors (Lipinski definition) is 3. The first-order valence-electron chi connectivity index (χ1n) is 6.74. The molecule has 0 aromatic carbocycles. The molecule has 0 aliphatic heterocycles. The van der Waals surface area contributed by atoms with Crippen LogP contribution in [0.4, 0.5) is 0 Å². The number of rotatable bonds is 3. The highest BCUT2D eigenvalue weighted by molar-refractivity contribution is 5.22. The minimum Gasteiger partial charge on any atom is -0.396 e. The van der Waals surface area contributed by atoms with Crippen molar-refractivity contribution in [1.82, 2.24) is 9.55 Å². The number of allylic oxidation sites excluding steroid dienone is 2. The van der Waals surface area contributed by atoms with Crippen LogP contribution in [0, 0.1) is 24.2 Å². The normalized spacial score (nSPS) is 30.1. The van der Waals surface area contributed by atoms with E-state index < -0.39 is 11.1 Å². The highest BCUT2D eigenvalue weighted by Gasteiger charge is 2.55. The summed E-state index contributed by atoms with van der Waals surface area (Å²) in [7, 11) is 0. The van der Waals surface area contributed by atoms with Crippen LogP contribution in [-0.2, 0) is 0 Å². The van der Waals surface area contributed by atoms with Crippen molar-refractivity contribution < 1.29 is 10.2 Å². The molecule has 6 nitrogen and oxygen atoms in total. The molecule has 20 heavy (non-hydrogen) atoms. The fraction of sp³-hybridized carbons (Fsp3) is 0.571. The molecule has 1 heterocycles. The molecule has 6 heteroatoms. The van der Waals surface area contributed by atoms with E-state index in [2.05, 4.69) is 4.98 Å². The minimum atomic E-state index is -0.576. The maximum Gasteiger partial charge on any atom is 0.328 e. The molecule has 1 saturated carbocycles. The standard InChI is InChI=1S/C14H18N2O4/c1-8-5-16(13(20)15-12(8)19)11-9-2-3-10(11)14(4-9,6-17)7-18/h2-3,5,9-11,17-18H,4,6-7H2,1H3,(H,15,19,20)/t9-,10-,11+/m0/s1. The number of nitrogens with one attached hydrogen (secondary N) is 1. The summed E-state index contributed by atoms with van der Waals surface area (Å²) in [5.74, 6) is 0.00723. The maximum atomic E-state index is 12.0. The molecule has 2 bridgehead atoms. The lowest BCUT2D eigenvalue weighted by Gasteiger charge is -2.32. The van der Waals surface area contributed by atoms with Gasteiger partial charge in [0.15, 0.2) is 0 Å². The third-order valence-corrected chi connectivity index (χ3v) is 4.82. The average Bonchev–Trinajstić information content (AvgIpc) is 2.98. The number of aliphatic hydroxyl groups excluding tert-OH is 2. The van der Waals surface area contributed by atoms with Crippen LogP contribution in [0.25, 0.3) is 0 Å². The Bertz CT molecular complexity index is 668. The lowest BCUT2D eigenvalue weighted by Crippen LogP contribution is -2.38. The van der Waals surface area contributed by atoms with Gasteiger partial charge in [0.25, 0.3) is 5.56 Å². The van der Waals surface area contributed by atoms with Gasteiger partial charge in [-0.15, -0.1) is 0 Å². The topological polar surface area (TPSA) is 95.3 Å². The van der Waals surface area contributed by atoms with E-state index in [4.69, 9.17) is 0 Å². The molecule has 0 saturated heterocycles. The zero-order chi connectivity index (χ0) is 14.5. The van der Waals surface area contributed by atoms with Crippen LogP contribution in [0.15, 0.2) is 27.9 Å². The Hall–Kier alpha value is -1.66. The van der Waals surface area contributed by atoms with Gasteiger partial charge >= 0.3 is 5.69 Å². The van der Waals surface area contributed by atoms with Crippen molar-refractivity contribution in [1.29, 1.82) is 0 Å². The van der Waals surface area contributed by atoms with Crippen LogP contribution in [0.2, 0.25) is 0 Å². The van der Waals surface area contributed by atoms with E-state index in [9.17, 15) is 19.8 Å². The monoisotopic (exact) mass is 278 g/mol. The molecule has 1 aromatic rings. The lowest BCUT2D eigenvalue weighted by atomic mass is 9.77. The van der Waals surface area contributed by atoms with E-state index in [1.807, 2.05) is 12.2 Å². The summed E-state index contributed by atoms with van der Waals surface area (Å²) in [5, 5.41) is 19.3. The van der Waals surface area contributed by atoms with Crippen molar-refractivity contribution in [2.75, 3.05) is 13.2 Å². The summed E-state index contributed by atoms with van der Waals surface area (Å²) >= 11 is 0.